The van der Waals surface area contributed by atoms with Gasteiger partial charge in [0, 0.05) is 11.2 Å². The fraction of sp³-hybridized carbons (Fsp3) is 0.250. The van der Waals surface area contributed by atoms with Crippen LogP contribution in [0.4, 0.5) is 5.82 Å². The minimum absolute atomic E-state index is 0.0410. The van der Waals surface area contributed by atoms with Crippen molar-refractivity contribution >= 4 is 39.0 Å². The summed E-state index contributed by atoms with van der Waals surface area (Å²) in [6, 6.07) is 7.35. The third kappa shape index (κ3) is 3.65. The first-order valence-corrected chi connectivity index (χ1v) is 8.29. The second-order valence-corrected chi connectivity index (χ2v) is 6.95. The van der Waals surface area contributed by atoms with E-state index in [1.54, 1.807) is 12.3 Å². The predicted octanol–water partition coefficient (Wildman–Crippen LogP) is 3.00. The molecule has 108 valence electrons. The van der Waals surface area contributed by atoms with Crippen LogP contribution < -0.4 is 4.72 Å². The maximum atomic E-state index is 11.5. The summed E-state index contributed by atoms with van der Waals surface area (Å²) in [6.07, 6.45) is 1.55. The zero-order chi connectivity index (χ0) is 14.8. The van der Waals surface area contributed by atoms with Gasteiger partial charge in [0.2, 0.25) is 10.0 Å². The lowest BCUT2D eigenvalue weighted by molar-refractivity contribution is 0.602. The Morgan fingerprint density at radius 2 is 1.95 bits per heavy atom. The second-order valence-electron chi connectivity index (χ2n) is 4.12. The van der Waals surface area contributed by atoms with E-state index in [-0.39, 0.29) is 16.6 Å². The summed E-state index contributed by atoms with van der Waals surface area (Å²) in [5.41, 5.74) is 0.873. The van der Waals surface area contributed by atoms with E-state index in [1.807, 2.05) is 18.2 Å². The number of aromatic nitrogens is 2. The summed E-state index contributed by atoms with van der Waals surface area (Å²) >= 11 is 12.0. The van der Waals surface area contributed by atoms with Crippen molar-refractivity contribution in [3.8, 4) is 0 Å². The SMILES string of the molecule is CCS(=O)(=O)Nc1nn(Cc2ccccc2Cl)cc1Cl. The summed E-state index contributed by atoms with van der Waals surface area (Å²) in [6.45, 7) is 1.95. The minimum atomic E-state index is -3.40. The van der Waals surface area contributed by atoms with Crippen LogP contribution in [0.2, 0.25) is 10.0 Å². The van der Waals surface area contributed by atoms with E-state index in [9.17, 15) is 8.42 Å². The molecule has 5 nitrogen and oxygen atoms in total. The van der Waals surface area contributed by atoms with E-state index in [2.05, 4.69) is 9.82 Å². The molecule has 0 aliphatic heterocycles. The number of hydrogen-bond acceptors (Lipinski definition) is 3. The number of hydrogen-bond donors (Lipinski definition) is 1. The van der Waals surface area contributed by atoms with Gasteiger partial charge in [0.25, 0.3) is 0 Å². The van der Waals surface area contributed by atoms with Crippen LogP contribution in [0.15, 0.2) is 30.5 Å². The van der Waals surface area contributed by atoms with Gasteiger partial charge in [-0.15, -0.1) is 0 Å². The monoisotopic (exact) mass is 333 g/mol. The first kappa shape index (κ1) is 15.2. The Morgan fingerprint density at radius 3 is 2.60 bits per heavy atom. The Hall–Kier alpha value is -1.24. The van der Waals surface area contributed by atoms with Crippen molar-refractivity contribution in [2.75, 3.05) is 10.5 Å². The van der Waals surface area contributed by atoms with Gasteiger partial charge < -0.3 is 0 Å². The number of benzene rings is 1. The molecule has 0 bridgehead atoms. The van der Waals surface area contributed by atoms with Crippen LogP contribution in [0.25, 0.3) is 0 Å². The standard InChI is InChI=1S/C12H13Cl2N3O2S/c1-2-20(18,19)16-12-11(14)8-17(15-12)7-9-5-3-4-6-10(9)13/h3-6,8H,2,7H2,1H3,(H,15,16). The van der Waals surface area contributed by atoms with E-state index in [1.165, 1.54) is 11.6 Å². The molecule has 2 aromatic rings. The molecule has 1 heterocycles. The number of sulfonamides is 1. The van der Waals surface area contributed by atoms with E-state index < -0.39 is 10.0 Å². The molecule has 0 saturated carbocycles. The number of halogens is 2. The summed E-state index contributed by atoms with van der Waals surface area (Å²) in [7, 11) is -3.40. The molecule has 1 aromatic carbocycles. The number of rotatable bonds is 5. The largest absolute Gasteiger partial charge is 0.265 e. The van der Waals surface area contributed by atoms with Crippen molar-refractivity contribution < 1.29 is 8.42 Å². The van der Waals surface area contributed by atoms with Gasteiger partial charge in [0.15, 0.2) is 5.82 Å². The highest BCUT2D eigenvalue weighted by Crippen LogP contribution is 2.22. The van der Waals surface area contributed by atoms with Crippen molar-refractivity contribution in [3.63, 3.8) is 0 Å². The van der Waals surface area contributed by atoms with Gasteiger partial charge in [-0.1, -0.05) is 41.4 Å². The lowest BCUT2D eigenvalue weighted by Gasteiger charge is -2.04. The van der Waals surface area contributed by atoms with Crippen LogP contribution in [-0.4, -0.2) is 24.0 Å². The molecule has 2 rings (SSSR count). The van der Waals surface area contributed by atoms with Gasteiger partial charge in [-0.05, 0) is 18.6 Å². The summed E-state index contributed by atoms with van der Waals surface area (Å²) < 4.78 is 26.9. The van der Waals surface area contributed by atoms with Gasteiger partial charge in [0.1, 0.15) is 5.02 Å². The van der Waals surface area contributed by atoms with E-state index in [0.29, 0.717) is 11.6 Å². The Bertz CT molecular complexity index is 713. The molecule has 0 amide bonds. The predicted molar refractivity (Wildman–Crippen MR) is 80.9 cm³/mol. The van der Waals surface area contributed by atoms with Crippen molar-refractivity contribution in [2.24, 2.45) is 0 Å². The Balaban J connectivity index is 2.22. The lowest BCUT2D eigenvalue weighted by atomic mass is 10.2. The Labute approximate surface area is 127 Å². The van der Waals surface area contributed by atoms with Gasteiger partial charge in [-0.3, -0.25) is 9.40 Å². The van der Waals surface area contributed by atoms with Gasteiger partial charge in [-0.2, -0.15) is 5.10 Å². The van der Waals surface area contributed by atoms with Crippen molar-refractivity contribution in [1.82, 2.24) is 9.78 Å². The second kappa shape index (κ2) is 6.03. The average Bonchev–Trinajstić information content (AvgIpc) is 2.72. The third-order valence-electron chi connectivity index (χ3n) is 2.64. The molecule has 0 fully saturated rings. The maximum Gasteiger partial charge on any atom is 0.233 e. The number of nitrogens with zero attached hydrogens (tertiary/aromatic N) is 2. The number of anilines is 1. The van der Waals surface area contributed by atoms with Gasteiger partial charge >= 0.3 is 0 Å². The van der Waals surface area contributed by atoms with Crippen LogP contribution in [0.1, 0.15) is 12.5 Å². The van der Waals surface area contributed by atoms with Crippen LogP contribution in [-0.2, 0) is 16.6 Å². The summed E-state index contributed by atoms with van der Waals surface area (Å²) in [5.74, 6) is 0.0846. The zero-order valence-corrected chi connectivity index (χ0v) is 13.0. The van der Waals surface area contributed by atoms with Crippen molar-refractivity contribution in [2.45, 2.75) is 13.5 Å². The molecule has 0 aliphatic carbocycles. The van der Waals surface area contributed by atoms with E-state index in [4.69, 9.17) is 23.2 Å². The quantitative estimate of drug-likeness (QED) is 0.914. The van der Waals surface area contributed by atoms with Crippen LogP contribution in [0.5, 0.6) is 0 Å². The highest BCUT2D eigenvalue weighted by atomic mass is 35.5. The van der Waals surface area contributed by atoms with Gasteiger partial charge in [-0.25, -0.2) is 8.42 Å². The fourth-order valence-corrected chi connectivity index (χ4v) is 2.61. The molecule has 0 saturated heterocycles. The van der Waals surface area contributed by atoms with Crippen LogP contribution in [0.3, 0.4) is 0 Å². The van der Waals surface area contributed by atoms with Crippen molar-refractivity contribution in [3.05, 3.63) is 46.1 Å². The maximum absolute atomic E-state index is 11.5. The summed E-state index contributed by atoms with van der Waals surface area (Å²) in [4.78, 5) is 0. The Morgan fingerprint density at radius 1 is 1.25 bits per heavy atom. The fourth-order valence-electron chi connectivity index (χ4n) is 1.57. The molecule has 0 unspecified atom stereocenters. The first-order chi connectivity index (χ1) is 9.41. The molecule has 20 heavy (non-hydrogen) atoms. The molecular formula is C12H13Cl2N3O2S. The average molecular weight is 334 g/mol. The minimum Gasteiger partial charge on any atom is -0.265 e. The lowest BCUT2D eigenvalue weighted by Crippen LogP contribution is -2.15. The molecule has 8 heteroatoms. The number of nitrogens with one attached hydrogen (secondary N) is 1. The molecule has 0 spiro atoms. The normalized spacial score (nSPS) is 11.6. The van der Waals surface area contributed by atoms with E-state index in [0.717, 1.165) is 5.56 Å². The highest BCUT2D eigenvalue weighted by molar-refractivity contribution is 7.92. The topological polar surface area (TPSA) is 64.0 Å². The first-order valence-electron chi connectivity index (χ1n) is 5.88. The summed E-state index contributed by atoms with van der Waals surface area (Å²) in [5, 5.41) is 4.98. The molecule has 1 N–H and O–H groups in total. The highest BCUT2D eigenvalue weighted by Gasteiger charge is 2.14. The van der Waals surface area contributed by atoms with E-state index >= 15 is 0 Å². The molecule has 0 radical (unpaired) electrons. The van der Waals surface area contributed by atoms with Crippen molar-refractivity contribution in [1.29, 1.82) is 0 Å². The smallest absolute Gasteiger partial charge is 0.233 e. The Kier molecular flexibility index (Phi) is 4.57. The molecule has 0 atom stereocenters. The molecular weight excluding hydrogens is 321 g/mol. The molecule has 1 aromatic heterocycles. The third-order valence-corrected chi connectivity index (χ3v) is 4.55. The van der Waals surface area contributed by atoms with Crippen LogP contribution in [0, 0.1) is 0 Å². The molecule has 0 aliphatic rings. The zero-order valence-electron chi connectivity index (χ0n) is 10.7. The van der Waals surface area contributed by atoms with Crippen LogP contribution >= 0.6 is 23.2 Å². The van der Waals surface area contributed by atoms with Gasteiger partial charge in [0.05, 0.1) is 12.3 Å².